The van der Waals surface area contributed by atoms with E-state index < -0.39 is 0 Å². The maximum atomic E-state index is 4.73. The molecule has 2 heterocycles. The molecule has 0 aliphatic rings. The van der Waals surface area contributed by atoms with Gasteiger partial charge in [0.1, 0.15) is 5.82 Å². The second-order valence-corrected chi connectivity index (χ2v) is 8.53. The van der Waals surface area contributed by atoms with E-state index in [-0.39, 0.29) is 0 Å². The summed E-state index contributed by atoms with van der Waals surface area (Å²) in [6, 6.07) is 39.6. The van der Waals surface area contributed by atoms with Gasteiger partial charge < -0.3 is 4.57 Å². The van der Waals surface area contributed by atoms with Crippen molar-refractivity contribution in [1.82, 2.24) is 9.55 Å². The number of anilines is 1. The van der Waals surface area contributed by atoms with Crippen LogP contribution in [0, 0.1) is 6.92 Å². The van der Waals surface area contributed by atoms with Crippen molar-refractivity contribution >= 4 is 33.8 Å². The first-order chi connectivity index (χ1) is 17.3. The van der Waals surface area contributed by atoms with Crippen LogP contribution in [0.3, 0.4) is 0 Å². The van der Waals surface area contributed by atoms with Gasteiger partial charge in [-0.3, -0.25) is 5.43 Å². The Morgan fingerprint density at radius 2 is 1.40 bits per heavy atom. The van der Waals surface area contributed by atoms with E-state index in [1.165, 1.54) is 5.56 Å². The lowest BCUT2D eigenvalue weighted by Crippen LogP contribution is -1.99. The largest absolute Gasteiger partial charge is 0.309 e. The number of pyridine rings is 1. The molecule has 168 valence electrons. The number of para-hydroxylation sites is 3. The summed E-state index contributed by atoms with van der Waals surface area (Å²) in [5, 5.41) is 6.95. The van der Waals surface area contributed by atoms with Gasteiger partial charge in [-0.15, -0.1) is 0 Å². The molecule has 0 fully saturated rings. The number of rotatable bonds is 5. The van der Waals surface area contributed by atoms with Crippen molar-refractivity contribution in [3.8, 4) is 16.9 Å². The van der Waals surface area contributed by atoms with Crippen LogP contribution in [0.4, 0.5) is 5.82 Å². The van der Waals surface area contributed by atoms with E-state index in [1.54, 1.807) is 0 Å². The number of nitrogens with one attached hydrogen (secondary N) is 1. The molecule has 0 radical (unpaired) electrons. The maximum Gasteiger partial charge on any atom is 0.147 e. The average molecular weight is 453 g/mol. The number of aryl methyl sites for hydroxylation is 1. The van der Waals surface area contributed by atoms with Crippen molar-refractivity contribution < 1.29 is 0 Å². The van der Waals surface area contributed by atoms with Gasteiger partial charge in [-0.05, 0) is 48.4 Å². The number of benzene rings is 4. The van der Waals surface area contributed by atoms with Crippen molar-refractivity contribution in [2.24, 2.45) is 5.10 Å². The summed E-state index contributed by atoms with van der Waals surface area (Å²) in [6.07, 6.45) is 1.91. The van der Waals surface area contributed by atoms with Gasteiger partial charge >= 0.3 is 0 Å². The molecule has 0 spiro atoms. The van der Waals surface area contributed by atoms with E-state index in [2.05, 4.69) is 101 Å². The van der Waals surface area contributed by atoms with E-state index in [1.807, 2.05) is 42.6 Å². The summed E-state index contributed by atoms with van der Waals surface area (Å²) in [6.45, 7) is 2.10. The molecule has 4 aromatic carbocycles. The summed E-state index contributed by atoms with van der Waals surface area (Å²) < 4.78 is 2.31. The van der Waals surface area contributed by atoms with E-state index in [9.17, 15) is 0 Å². The predicted octanol–water partition coefficient (Wildman–Crippen LogP) is 7.60. The third-order valence-corrected chi connectivity index (χ3v) is 6.27. The molecular formula is C31H24N4. The molecule has 0 saturated heterocycles. The van der Waals surface area contributed by atoms with Crippen LogP contribution >= 0.6 is 0 Å². The predicted molar refractivity (Wildman–Crippen MR) is 146 cm³/mol. The van der Waals surface area contributed by atoms with Crippen molar-refractivity contribution in [3.05, 3.63) is 126 Å². The highest BCUT2D eigenvalue weighted by Crippen LogP contribution is 2.35. The number of hydrazone groups is 1. The van der Waals surface area contributed by atoms with E-state index in [0.29, 0.717) is 0 Å². The van der Waals surface area contributed by atoms with E-state index in [0.717, 1.165) is 50.1 Å². The molecule has 0 bridgehead atoms. The highest BCUT2D eigenvalue weighted by atomic mass is 15.3. The first kappa shape index (κ1) is 20.9. The fourth-order valence-corrected chi connectivity index (χ4v) is 4.69. The van der Waals surface area contributed by atoms with Crippen LogP contribution in [0.25, 0.3) is 38.8 Å². The Labute approximate surface area is 204 Å². The van der Waals surface area contributed by atoms with Gasteiger partial charge in [0.15, 0.2) is 0 Å². The molecule has 0 aliphatic heterocycles. The summed E-state index contributed by atoms with van der Waals surface area (Å²) in [5.41, 5.74) is 10.8. The minimum atomic E-state index is 0.727. The standard InChI is InChI=1S/C31H24N4/c1-22-20-30(33-28-18-10-8-16-25(22)28)34-32-21-27-26-17-9-11-19-29(26)35(24-14-6-3-7-15-24)31(27)23-12-4-2-5-13-23/h2-21H,1H3,(H,33,34)/b32-21+. The normalized spacial score (nSPS) is 11.5. The van der Waals surface area contributed by atoms with E-state index in [4.69, 9.17) is 4.98 Å². The lowest BCUT2D eigenvalue weighted by molar-refractivity contribution is 1.13. The molecule has 0 atom stereocenters. The van der Waals surface area contributed by atoms with Gasteiger partial charge in [0, 0.05) is 22.0 Å². The number of hydrogen-bond donors (Lipinski definition) is 1. The lowest BCUT2D eigenvalue weighted by atomic mass is 10.1. The molecule has 4 nitrogen and oxygen atoms in total. The summed E-state index contributed by atoms with van der Waals surface area (Å²) in [5.74, 6) is 0.727. The zero-order chi connectivity index (χ0) is 23.6. The van der Waals surface area contributed by atoms with Crippen LogP contribution in [-0.2, 0) is 0 Å². The maximum absolute atomic E-state index is 4.73. The number of fused-ring (bicyclic) bond motifs is 2. The molecule has 4 heteroatoms. The van der Waals surface area contributed by atoms with Gasteiger partial charge in [0.2, 0.25) is 0 Å². The molecule has 2 aromatic heterocycles. The number of aromatic nitrogens is 2. The molecule has 0 aliphatic carbocycles. The summed E-state index contributed by atoms with van der Waals surface area (Å²) in [4.78, 5) is 4.73. The zero-order valence-corrected chi connectivity index (χ0v) is 19.4. The van der Waals surface area contributed by atoms with Gasteiger partial charge in [-0.25, -0.2) is 4.98 Å². The molecule has 35 heavy (non-hydrogen) atoms. The fourth-order valence-electron chi connectivity index (χ4n) is 4.69. The Kier molecular flexibility index (Phi) is 5.32. The Hall–Kier alpha value is -4.70. The van der Waals surface area contributed by atoms with Gasteiger partial charge in [0.05, 0.1) is 22.9 Å². The zero-order valence-electron chi connectivity index (χ0n) is 19.4. The monoisotopic (exact) mass is 452 g/mol. The Morgan fingerprint density at radius 1 is 0.743 bits per heavy atom. The van der Waals surface area contributed by atoms with Crippen molar-refractivity contribution in [2.45, 2.75) is 6.92 Å². The highest BCUT2D eigenvalue weighted by molar-refractivity contribution is 6.07. The molecule has 6 rings (SSSR count). The van der Waals surface area contributed by atoms with Crippen molar-refractivity contribution in [3.63, 3.8) is 0 Å². The Balaban J connectivity index is 1.50. The summed E-state index contributed by atoms with van der Waals surface area (Å²) in [7, 11) is 0. The lowest BCUT2D eigenvalue weighted by Gasteiger charge is -2.12. The van der Waals surface area contributed by atoms with Crippen molar-refractivity contribution in [1.29, 1.82) is 0 Å². The smallest absolute Gasteiger partial charge is 0.147 e. The average Bonchev–Trinajstić information content (AvgIpc) is 3.24. The quantitative estimate of drug-likeness (QED) is 0.216. The Bertz CT molecular complexity index is 1670. The second kappa shape index (κ2) is 8.92. The van der Waals surface area contributed by atoms with Gasteiger partial charge in [-0.1, -0.05) is 84.9 Å². The van der Waals surface area contributed by atoms with Crippen LogP contribution < -0.4 is 5.43 Å². The molecular weight excluding hydrogens is 428 g/mol. The molecule has 0 saturated carbocycles. The third kappa shape index (κ3) is 3.85. The van der Waals surface area contributed by atoms with Crippen LogP contribution in [0.15, 0.2) is 120 Å². The van der Waals surface area contributed by atoms with Crippen LogP contribution in [-0.4, -0.2) is 15.8 Å². The molecule has 0 unspecified atom stereocenters. The van der Waals surface area contributed by atoms with Crippen molar-refractivity contribution in [2.75, 3.05) is 5.43 Å². The molecule has 0 amide bonds. The summed E-state index contributed by atoms with van der Waals surface area (Å²) >= 11 is 0. The van der Waals surface area contributed by atoms with Gasteiger partial charge in [0.25, 0.3) is 0 Å². The second-order valence-electron chi connectivity index (χ2n) is 8.53. The fraction of sp³-hybridized carbons (Fsp3) is 0.0323. The van der Waals surface area contributed by atoms with Crippen LogP contribution in [0.5, 0.6) is 0 Å². The minimum absolute atomic E-state index is 0.727. The van der Waals surface area contributed by atoms with Crippen LogP contribution in [0.2, 0.25) is 0 Å². The Morgan fingerprint density at radius 3 is 2.20 bits per heavy atom. The first-order valence-electron chi connectivity index (χ1n) is 11.7. The highest BCUT2D eigenvalue weighted by Gasteiger charge is 2.18. The van der Waals surface area contributed by atoms with E-state index >= 15 is 0 Å². The molecule has 1 N–H and O–H groups in total. The minimum Gasteiger partial charge on any atom is -0.309 e. The van der Waals surface area contributed by atoms with Gasteiger partial charge in [-0.2, -0.15) is 5.10 Å². The first-order valence-corrected chi connectivity index (χ1v) is 11.7. The molecule has 6 aromatic rings. The number of nitrogens with zero attached hydrogens (tertiary/aromatic N) is 3. The van der Waals surface area contributed by atoms with Crippen LogP contribution in [0.1, 0.15) is 11.1 Å². The topological polar surface area (TPSA) is 42.2 Å². The third-order valence-electron chi connectivity index (χ3n) is 6.27. The SMILES string of the molecule is Cc1cc(N/N=C/c2c(-c3ccccc3)n(-c3ccccc3)c3ccccc23)nc2ccccc12. The number of hydrogen-bond acceptors (Lipinski definition) is 3.